The summed E-state index contributed by atoms with van der Waals surface area (Å²) in [5.74, 6) is 0.850. The van der Waals surface area contributed by atoms with E-state index >= 15 is 0 Å². The number of anilines is 2. The Kier molecular flexibility index (Phi) is 3.57. The highest BCUT2D eigenvalue weighted by Gasteiger charge is 2.16. The first kappa shape index (κ1) is 15.5. The van der Waals surface area contributed by atoms with Crippen LogP contribution < -0.4 is 5.32 Å². The molecule has 0 spiro atoms. The molecule has 2 aromatic heterocycles. The Balaban J connectivity index is 1.75. The standard InChI is InChI=1S/C22H14FN3O/c23-15-10-12-16(13-11-15)24-22-20-19(17-8-4-5-9-18(17)27-20)25-21(26-22)14-6-2-1-3-7-14/h1-13H,(H,24,25,26). The molecule has 0 saturated carbocycles. The van der Waals surface area contributed by atoms with Crippen LogP contribution in [0.3, 0.4) is 0 Å². The van der Waals surface area contributed by atoms with Gasteiger partial charge in [-0.05, 0) is 36.4 Å². The van der Waals surface area contributed by atoms with Crippen LogP contribution in [-0.2, 0) is 0 Å². The summed E-state index contributed by atoms with van der Waals surface area (Å²) in [6.45, 7) is 0. The highest BCUT2D eigenvalue weighted by Crippen LogP contribution is 2.34. The Morgan fingerprint density at radius 1 is 0.778 bits per heavy atom. The van der Waals surface area contributed by atoms with Crippen LogP contribution in [0, 0.1) is 5.82 Å². The van der Waals surface area contributed by atoms with Crippen molar-refractivity contribution in [2.45, 2.75) is 0 Å². The fraction of sp³-hybridized carbons (Fsp3) is 0. The van der Waals surface area contributed by atoms with Gasteiger partial charge in [0, 0.05) is 16.6 Å². The maximum absolute atomic E-state index is 13.2. The van der Waals surface area contributed by atoms with Crippen LogP contribution in [0.1, 0.15) is 0 Å². The lowest BCUT2D eigenvalue weighted by Crippen LogP contribution is -1.98. The second kappa shape index (κ2) is 6.21. The average Bonchev–Trinajstić information content (AvgIpc) is 3.09. The number of para-hydroxylation sites is 1. The number of fused-ring (bicyclic) bond motifs is 3. The average molecular weight is 355 g/mol. The van der Waals surface area contributed by atoms with Gasteiger partial charge in [-0.2, -0.15) is 0 Å². The van der Waals surface area contributed by atoms with E-state index in [0.717, 1.165) is 27.7 Å². The highest BCUT2D eigenvalue weighted by atomic mass is 19.1. The van der Waals surface area contributed by atoms with Gasteiger partial charge in [0.25, 0.3) is 0 Å². The van der Waals surface area contributed by atoms with Crippen molar-refractivity contribution in [2.24, 2.45) is 0 Å². The molecule has 0 aliphatic carbocycles. The predicted molar refractivity (Wildman–Crippen MR) is 104 cm³/mol. The molecule has 5 rings (SSSR count). The lowest BCUT2D eigenvalue weighted by atomic mass is 10.2. The number of nitrogens with one attached hydrogen (secondary N) is 1. The first-order valence-electron chi connectivity index (χ1n) is 8.55. The summed E-state index contributed by atoms with van der Waals surface area (Å²) in [4.78, 5) is 9.42. The largest absolute Gasteiger partial charge is 0.450 e. The van der Waals surface area contributed by atoms with Crippen molar-refractivity contribution in [3.63, 3.8) is 0 Å². The van der Waals surface area contributed by atoms with Gasteiger partial charge in [0.05, 0.1) is 0 Å². The lowest BCUT2D eigenvalue weighted by Gasteiger charge is -2.08. The Morgan fingerprint density at radius 3 is 2.33 bits per heavy atom. The Bertz CT molecular complexity index is 1250. The van der Waals surface area contributed by atoms with Crippen molar-refractivity contribution in [1.82, 2.24) is 9.97 Å². The molecule has 0 aliphatic heterocycles. The third kappa shape index (κ3) is 2.79. The minimum Gasteiger partial charge on any atom is -0.450 e. The predicted octanol–water partition coefficient (Wildman–Crippen LogP) is 5.93. The van der Waals surface area contributed by atoms with Crippen molar-refractivity contribution >= 4 is 33.6 Å². The van der Waals surface area contributed by atoms with E-state index in [1.54, 1.807) is 12.1 Å². The van der Waals surface area contributed by atoms with Gasteiger partial charge in [-0.1, -0.05) is 42.5 Å². The van der Waals surface area contributed by atoms with Crippen molar-refractivity contribution < 1.29 is 8.81 Å². The molecule has 0 saturated heterocycles. The molecular formula is C22H14FN3O. The molecule has 2 heterocycles. The summed E-state index contributed by atoms with van der Waals surface area (Å²) in [6.07, 6.45) is 0. The SMILES string of the molecule is Fc1ccc(Nc2nc(-c3ccccc3)nc3c2oc2ccccc23)cc1. The highest BCUT2D eigenvalue weighted by molar-refractivity contribution is 6.06. The van der Waals surface area contributed by atoms with Crippen LogP contribution >= 0.6 is 0 Å². The number of rotatable bonds is 3. The summed E-state index contributed by atoms with van der Waals surface area (Å²) in [5.41, 5.74) is 3.68. The van der Waals surface area contributed by atoms with E-state index in [1.165, 1.54) is 12.1 Å². The molecule has 130 valence electrons. The molecule has 5 heteroatoms. The summed E-state index contributed by atoms with van der Waals surface area (Å²) >= 11 is 0. The molecule has 3 aromatic carbocycles. The Morgan fingerprint density at radius 2 is 1.52 bits per heavy atom. The number of hydrogen-bond acceptors (Lipinski definition) is 4. The topological polar surface area (TPSA) is 51.0 Å². The minimum absolute atomic E-state index is 0.290. The quantitative estimate of drug-likeness (QED) is 0.436. The van der Waals surface area contributed by atoms with E-state index in [1.807, 2.05) is 54.6 Å². The number of nitrogens with zero attached hydrogens (tertiary/aromatic N) is 2. The number of furan rings is 1. The van der Waals surface area contributed by atoms with E-state index < -0.39 is 0 Å². The van der Waals surface area contributed by atoms with Gasteiger partial charge < -0.3 is 9.73 Å². The number of halogens is 1. The van der Waals surface area contributed by atoms with Crippen molar-refractivity contribution in [2.75, 3.05) is 5.32 Å². The molecule has 0 radical (unpaired) electrons. The van der Waals surface area contributed by atoms with Gasteiger partial charge in [0.2, 0.25) is 0 Å². The normalized spacial score (nSPS) is 11.1. The van der Waals surface area contributed by atoms with Crippen molar-refractivity contribution in [1.29, 1.82) is 0 Å². The van der Waals surface area contributed by atoms with Crippen molar-refractivity contribution in [3.05, 3.63) is 84.7 Å². The molecule has 0 bridgehead atoms. The molecular weight excluding hydrogens is 341 g/mol. The molecule has 0 amide bonds. The monoisotopic (exact) mass is 355 g/mol. The molecule has 0 aliphatic rings. The summed E-state index contributed by atoms with van der Waals surface area (Å²) in [7, 11) is 0. The van der Waals surface area contributed by atoms with Gasteiger partial charge >= 0.3 is 0 Å². The first-order valence-corrected chi connectivity index (χ1v) is 8.55. The molecule has 4 nitrogen and oxygen atoms in total. The number of benzene rings is 3. The van der Waals surface area contributed by atoms with E-state index in [4.69, 9.17) is 9.40 Å². The van der Waals surface area contributed by atoms with Crippen LogP contribution in [-0.4, -0.2) is 9.97 Å². The molecule has 0 fully saturated rings. The summed E-state index contributed by atoms with van der Waals surface area (Å²) < 4.78 is 19.2. The fourth-order valence-electron chi connectivity index (χ4n) is 3.06. The van der Waals surface area contributed by atoms with Crippen LogP contribution in [0.2, 0.25) is 0 Å². The minimum atomic E-state index is -0.290. The van der Waals surface area contributed by atoms with E-state index in [9.17, 15) is 4.39 Å². The molecule has 27 heavy (non-hydrogen) atoms. The molecule has 1 N–H and O–H groups in total. The van der Waals surface area contributed by atoms with Gasteiger partial charge in [-0.3, -0.25) is 0 Å². The van der Waals surface area contributed by atoms with Crippen LogP contribution in [0.25, 0.3) is 33.5 Å². The van der Waals surface area contributed by atoms with Gasteiger partial charge in [0.1, 0.15) is 16.9 Å². The smallest absolute Gasteiger partial charge is 0.196 e. The van der Waals surface area contributed by atoms with Crippen molar-refractivity contribution in [3.8, 4) is 11.4 Å². The molecule has 5 aromatic rings. The second-order valence-electron chi connectivity index (χ2n) is 6.17. The third-order valence-corrected chi connectivity index (χ3v) is 4.36. The van der Waals surface area contributed by atoms with Crippen LogP contribution in [0.4, 0.5) is 15.9 Å². The molecule has 0 unspecified atom stereocenters. The first-order chi connectivity index (χ1) is 13.3. The van der Waals surface area contributed by atoms with Crippen LogP contribution in [0.5, 0.6) is 0 Å². The van der Waals surface area contributed by atoms with Gasteiger partial charge in [0.15, 0.2) is 17.2 Å². The Hall–Kier alpha value is -3.73. The zero-order valence-electron chi connectivity index (χ0n) is 14.2. The summed E-state index contributed by atoms with van der Waals surface area (Å²) in [6, 6.07) is 23.6. The summed E-state index contributed by atoms with van der Waals surface area (Å²) in [5, 5.41) is 4.16. The second-order valence-corrected chi connectivity index (χ2v) is 6.17. The van der Waals surface area contributed by atoms with Gasteiger partial charge in [-0.25, -0.2) is 14.4 Å². The Labute approximate surface area is 154 Å². The number of hydrogen-bond donors (Lipinski definition) is 1. The van der Waals surface area contributed by atoms with E-state index in [-0.39, 0.29) is 5.82 Å². The zero-order valence-corrected chi connectivity index (χ0v) is 14.2. The molecule has 0 atom stereocenters. The fourth-order valence-corrected chi connectivity index (χ4v) is 3.06. The van der Waals surface area contributed by atoms with E-state index in [0.29, 0.717) is 17.2 Å². The van der Waals surface area contributed by atoms with Gasteiger partial charge in [-0.15, -0.1) is 0 Å². The number of aromatic nitrogens is 2. The maximum Gasteiger partial charge on any atom is 0.196 e. The van der Waals surface area contributed by atoms with Crippen LogP contribution in [0.15, 0.2) is 83.3 Å². The zero-order chi connectivity index (χ0) is 18.2. The maximum atomic E-state index is 13.2. The third-order valence-electron chi connectivity index (χ3n) is 4.36. The van der Waals surface area contributed by atoms with E-state index in [2.05, 4.69) is 10.3 Å². The lowest BCUT2D eigenvalue weighted by molar-refractivity contribution is 0.628.